The number of amides is 2. The van der Waals surface area contributed by atoms with Crippen molar-refractivity contribution in [1.82, 2.24) is 4.90 Å². The fraction of sp³-hybridized carbons (Fsp3) is 0.217. The van der Waals surface area contributed by atoms with Crippen LogP contribution in [0.4, 0.5) is 5.69 Å². The van der Waals surface area contributed by atoms with Gasteiger partial charge < -0.3 is 19.5 Å². The summed E-state index contributed by atoms with van der Waals surface area (Å²) < 4.78 is 5.08. The Kier molecular flexibility index (Phi) is 5.72. The van der Waals surface area contributed by atoms with E-state index in [1.54, 1.807) is 36.4 Å². The summed E-state index contributed by atoms with van der Waals surface area (Å²) in [4.78, 5) is 28.2. The molecule has 0 radical (unpaired) electrons. The van der Waals surface area contributed by atoms with Crippen LogP contribution in [0.15, 0.2) is 77.4 Å². The average molecular weight is 390 g/mol. The monoisotopic (exact) mass is 390 g/mol. The molecule has 2 amide bonds. The van der Waals surface area contributed by atoms with Gasteiger partial charge in [-0.05, 0) is 36.4 Å². The van der Waals surface area contributed by atoms with Crippen LogP contribution < -0.4 is 10.2 Å². The summed E-state index contributed by atoms with van der Waals surface area (Å²) in [5.41, 5.74) is 2.59. The Morgan fingerprint density at radius 2 is 1.66 bits per heavy atom. The molecule has 0 saturated carbocycles. The highest BCUT2D eigenvalue weighted by atomic mass is 16.3. The molecule has 29 heavy (non-hydrogen) atoms. The quantitative estimate of drug-likeness (QED) is 0.701. The van der Waals surface area contributed by atoms with E-state index in [0.717, 1.165) is 32.7 Å². The third-order valence-electron chi connectivity index (χ3n) is 5.19. The van der Waals surface area contributed by atoms with E-state index in [0.29, 0.717) is 11.3 Å². The first-order chi connectivity index (χ1) is 14.2. The molecule has 2 aromatic carbocycles. The van der Waals surface area contributed by atoms with E-state index in [4.69, 9.17) is 4.42 Å². The number of quaternary nitrogens is 1. The van der Waals surface area contributed by atoms with E-state index >= 15 is 0 Å². The number of carbonyl (C=O) groups is 2. The second-order valence-electron chi connectivity index (χ2n) is 7.21. The zero-order valence-electron chi connectivity index (χ0n) is 16.1. The molecule has 0 spiro atoms. The van der Waals surface area contributed by atoms with Gasteiger partial charge in [-0.25, -0.2) is 0 Å². The number of furan rings is 1. The number of rotatable bonds is 5. The van der Waals surface area contributed by atoms with Gasteiger partial charge in [0.2, 0.25) is 0 Å². The summed E-state index contributed by atoms with van der Waals surface area (Å²) in [7, 11) is 0. The van der Waals surface area contributed by atoms with Crippen LogP contribution >= 0.6 is 0 Å². The summed E-state index contributed by atoms with van der Waals surface area (Å²) in [6, 6.07) is 20.7. The lowest BCUT2D eigenvalue weighted by molar-refractivity contribution is -0.917. The number of hydrogen-bond donors (Lipinski definition) is 2. The minimum Gasteiger partial charge on any atom is -0.459 e. The topological polar surface area (TPSA) is 67.0 Å². The standard InChI is InChI=1S/C23H23N3O3/c27-22(21-7-4-16-29-21)24-20-10-8-19(9-11-20)23(28)26-14-12-25(13-15-26)17-18-5-2-1-3-6-18/h1-11,16H,12-15,17H2,(H,24,27)/p+1. The predicted octanol–water partition coefficient (Wildman–Crippen LogP) is 2.07. The molecule has 0 unspecified atom stereocenters. The molecule has 2 heterocycles. The van der Waals surface area contributed by atoms with Gasteiger partial charge in [0.05, 0.1) is 32.4 Å². The molecule has 148 valence electrons. The molecule has 3 aromatic rings. The smallest absolute Gasteiger partial charge is 0.291 e. The molecular weight excluding hydrogens is 366 g/mol. The maximum absolute atomic E-state index is 12.8. The van der Waals surface area contributed by atoms with Crippen molar-refractivity contribution >= 4 is 17.5 Å². The molecular formula is C23H24N3O3+. The Morgan fingerprint density at radius 1 is 0.931 bits per heavy atom. The highest BCUT2D eigenvalue weighted by Crippen LogP contribution is 2.13. The normalized spacial score (nSPS) is 14.6. The number of hydrogen-bond acceptors (Lipinski definition) is 3. The summed E-state index contributed by atoms with van der Waals surface area (Å²) >= 11 is 0. The summed E-state index contributed by atoms with van der Waals surface area (Å²) in [6.07, 6.45) is 1.46. The molecule has 1 saturated heterocycles. The predicted molar refractivity (Wildman–Crippen MR) is 110 cm³/mol. The van der Waals surface area contributed by atoms with E-state index < -0.39 is 0 Å². The summed E-state index contributed by atoms with van der Waals surface area (Å²) in [5, 5.41) is 2.76. The van der Waals surface area contributed by atoms with Gasteiger partial charge in [-0.2, -0.15) is 0 Å². The van der Waals surface area contributed by atoms with Gasteiger partial charge in [0, 0.05) is 16.8 Å². The second kappa shape index (κ2) is 8.75. The second-order valence-corrected chi connectivity index (χ2v) is 7.21. The Hall–Kier alpha value is -3.38. The van der Waals surface area contributed by atoms with Gasteiger partial charge in [-0.3, -0.25) is 9.59 Å². The fourth-order valence-electron chi connectivity index (χ4n) is 3.57. The molecule has 2 N–H and O–H groups in total. The maximum atomic E-state index is 12.8. The van der Waals surface area contributed by atoms with Crippen LogP contribution in [-0.4, -0.2) is 42.9 Å². The molecule has 4 rings (SSSR count). The van der Waals surface area contributed by atoms with E-state index in [-0.39, 0.29) is 17.6 Å². The lowest BCUT2D eigenvalue weighted by Crippen LogP contribution is -3.13. The van der Waals surface area contributed by atoms with Crippen molar-refractivity contribution in [3.05, 3.63) is 89.9 Å². The molecule has 1 fully saturated rings. The van der Waals surface area contributed by atoms with Crippen molar-refractivity contribution in [2.45, 2.75) is 6.54 Å². The largest absolute Gasteiger partial charge is 0.459 e. The Bertz CT molecular complexity index is 945. The highest BCUT2D eigenvalue weighted by molar-refractivity contribution is 6.02. The van der Waals surface area contributed by atoms with Crippen molar-refractivity contribution < 1.29 is 18.9 Å². The number of piperazine rings is 1. The lowest BCUT2D eigenvalue weighted by atomic mass is 10.1. The SMILES string of the molecule is O=C(Nc1ccc(C(=O)N2CC[NH+](Cc3ccccc3)CC2)cc1)c1ccco1. The lowest BCUT2D eigenvalue weighted by Gasteiger charge is -2.32. The van der Waals surface area contributed by atoms with Crippen LogP contribution in [0, 0.1) is 0 Å². The fourth-order valence-corrected chi connectivity index (χ4v) is 3.57. The molecule has 0 bridgehead atoms. The molecule has 6 nitrogen and oxygen atoms in total. The number of anilines is 1. The van der Waals surface area contributed by atoms with Crippen molar-refractivity contribution in [3.63, 3.8) is 0 Å². The first-order valence-corrected chi connectivity index (χ1v) is 9.81. The number of benzene rings is 2. The third kappa shape index (κ3) is 4.73. The summed E-state index contributed by atoms with van der Waals surface area (Å²) in [6.45, 7) is 4.37. The van der Waals surface area contributed by atoms with Gasteiger partial charge in [-0.15, -0.1) is 0 Å². The van der Waals surface area contributed by atoms with Crippen LogP contribution in [0.2, 0.25) is 0 Å². The summed E-state index contributed by atoms with van der Waals surface area (Å²) in [5.74, 6) is -0.0275. The zero-order chi connectivity index (χ0) is 20.1. The Labute approximate surface area is 169 Å². The minimum absolute atomic E-state index is 0.0349. The first-order valence-electron chi connectivity index (χ1n) is 9.81. The first kappa shape index (κ1) is 19.0. The zero-order valence-corrected chi connectivity index (χ0v) is 16.1. The Morgan fingerprint density at radius 3 is 2.31 bits per heavy atom. The Balaban J connectivity index is 1.30. The van der Waals surface area contributed by atoms with Crippen LogP contribution in [0.25, 0.3) is 0 Å². The average Bonchev–Trinajstić information content (AvgIpc) is 3.30. The van der Waals surface area contributed by atoms with E-state index in [9.17, 15) is 9.59 Å². The van der Waals surface area contributed by atoms with Crippen LogP contribution in [0.5, 0.6) is 0 Å². The van der Waals surface area contributed by atoms with E-state index in [1.807, 2.05) is 11.0 Å². The van der Waals surface area contributed by atoms with Crippen molar-refractivity contribution in [2.24, 2.45) is 0 Å². The van der Waals surface area contributed by atoms with Gasteiger partial charge >= 0.3 is 0 Å². The van der Waals surface area contributed by atoms with E-state index in [2.05, 4.69) is 29.6 Å². The van der Waals surface area contributed by atoms with Crippen LogP contribution in [0.1, 0.15) is 26.5 Å². The number of nitrogens with one attached hydrogen (secondary N) is 2. The van der Waals surface area contributed by atoms with Crippen molar-refractivity contribution in [1.29, 1.82) is 0 Å². The molecule has 1 aliphatic heterocycles. The maximum Gasteiger partial charge on any atom is 0.291 e. The van der Waals surface area contributed by atoms with E-state index in [1.165, 1.54) is 16.7 Å². The molecule has 0 aliphatic carbocycles. The van der Waals surface area contributed by atoms with Crippen LogP contribution in [-0.2, 0) is 6.54 Å². The van der Waals surface area contributed by atoms with Gasteiger partial charge in [-0.1, -0.05) is 30.3 Å². The molecule has 0 atom stereocenters. The minimum atomic E-state index is -0.313. The molecule has 6 heteroatoms. The van der Waals surface area contributed by atoms with Crippen LogP contribution in [0.3, 0.4) is 0 Å². The van der Waals surface area contributed by atoms with Crippen molar-refractivity contribution in [3.8, 4) is 0 Å². The third-order valence-corrected chi connectivity index (χ3v) is 5.19. The van der Waals surface area contributed by atoms with Gasteiger partial charge in [0.25, 0.3) is 11.8 Å². The van der Waals surface area contributed by atoms with Gasteiger partial charge in [0.15, 0.2) is 5.76 Å². The highest BCUT2D eigenvalue weighted by Gasteiger charge is 2.24. The van der Waals surface area contributed by atoms with Gasteiger partial charge in [0.1, 0.15) is 6.54 Å². The number of nitrogens with zero attached hydrogens (tertiary/aromatic N) is 1. The molecule has 1 aromatic heterocycles. The number of carbonyl (C=O) groups excluding carboxylic acids is 2. The van der Waals surface area contributed by atoms with Crippen molar-refractivity contribution in [2.75, 3.05) is 31.5 Å². The molecule has 1 aliphatic rings.